The Morgan fingerprint density at radius 2 is 1.87 bits per heavy atom. The van der Waals surface area contributed by atoms with Crippen LogP contribution in [0.5, 0.6) is 5.75 Å². The Labute approximate surface area is 191 Å². The van der Waals surface area contributed by atoms with Gasteiger partial charge in [0.15, 0.2) is 5.82 Å². The third-order valence-electron chi connectivity index (χ3n) is 4.29. The van der Waals surface area contributed by atoms with Gasteiger partial charge in [-0.25, -0.2) is 4.98 Å². The molecule has 0 saturated heterocycles. The van der Waals surface area contributed by atoms with E-state index in [4.69, 9.17) is 32.7 Å². The summed E-state index contributed by atoms with van der Waals surface area (Å²) >= 11 is 12.0. The van der Waals surface area contributed by atoms with Gasteiger partial charge in [-0.1, -0.05) is 29.3 Å². The summed E-state index contributed by atoms with van der Waals surface area (Å²) in [6, 6.07) is 16.8. The zero-order valence-electron chi connectivity index (χ0n) is 17.0. The summed E-state index contributed by atoms with van der Waals surface area (Å²) < 4.78 is 10.9. The van der Waals surface area contributed by atoms with E-state index in [1.54, 1.807) is 25.5 Å². The Morgan fingerprint density at radius 1 is 1.10 bits per heavy atom. The summed E-state index contributed by atoms with van der Waals surface area (Å²) in [4.78, 5) is 4.36. The molecule has 0 unspecified atom stereocenters. The van der Waals surface area contributed by atoms with Crippen molar-refractivity contribution >= 4 is 35.2 Å². The molecule has 3 rings (SSSR count). The van der Waals surface area contributed by atoms with Crippen molar-refractivity contribution in [3.05, 3.63) is 86.5 Å². The number of ether oxygens (including phenoxy) is 2. The lowest BCUT2D eigenvalue weighted by atomic mass is 10.1. The molecule has 8 heteroatoms. The lowest BCUT2D eigenvalue weighted by Gasteiger charge is -2.09. The lowest BCUT2D eigenvalue weighted by Crippen LogP contribution is -2.03. The van der Waals surface area contributed by atoms with Gasteiger partial charge < -0.3 is 9.47 Å². The molecule has 0 bridgehead atoms. The zero-order chi connectivity index (χ0) is 22.2. The van der Waals surface area contributed by atoms with Gasteiger partial charge in [-0.05, 0) is 60.5 Å². The smallest absolute Gasteiger partial charge is 0.164 e. The fraction of sp³-hybridized carbons (Fsp3) is 0.174. The van der Waals surface area contributed by atoms with E-state index < -0.39 is 0 Å². The molecule has 0 saturated carbocycles. The molecule has 0 spiro atoms. The summed E-state index contributed by atoms with van der Waals surface area (Å²) in [5.41, 5.74) is 6.58. The summed E-state index contributed by atoms with van der Waals surface area (Å²) in [7, 11) is 1.58. The molecule has 0 atom stereocenters. The van der Waals surface area contributed by atoms with Crippen LogP contribution < -0.4 is 10.2 Å². The number of rotatable bonds is 8. The van der Waals surface area contributed by atoms with Crippen LogP contribution in [0.2, 0.25) is 10.0 Å². The van der Waals surface area contributed by atoms with Gasteiger partial charge in [-0.15, -0.1) is 0 Å². The van der Waals surface area contributed by atoms with Gasteiger partial charge in [0.2, 0.25) is 0 Å². The van der Waals surface area contributed by atoms with Gasteiger partial charge in [0.05, 0.1) is 22.9 Å². The van der Waals surface area contributed by atoms with Crippen molar-refractivity contribution < 1.29 is 9.47 Å². The maximum Gasteiger partial charge on any atom is 0.164 e. The Morgan fingerprint density at radius 3 is 2.55 bits per heavy atom. The number of nitrogens with zero attached hydrogens (tertiary/aromatic N) is 3. The molecule has 0 aliphatic carbocycles. The van der Waals surface area contributed by atoms with Crippen molar-refractivity contribution in [1.82, 2.24) is 4.98 Å². The first kappa shape index (κ1) is 22.6. The number of hydrazone groups is 1. The maximum atomic E-state index is 9.46. The van der Waals surface area contributed by atoms with Gasteiger partial charge in [-0.3, -0.25) is 5.43 Å². The number of hydrogen-bond donors (Lipinski definition) is 1. The van der Waals surface area contributed by atoms with Gasteiger partial charge in [0.25, 0.3) is 0 Å². The van der Waals surface area contributed by atoms with Gasteiger partial charge in [0, 0.05) is 18.4 Å². The van der Waals surface area contributed by atoms with Gasteiger partial charge in [0.1, 0.15) is 24.0 Å². The Bertz CT molecular complexity index is 1130. The molecule has 0 aliphatic heterocycles. The standard InChI is InChI=1S/C23H20Cl2N4O2/c1-15-9-18(14-30-2)20(11-26)23(28-15)29-27-12-16-3-6-19(7-4-16)31-13-17-5-8-21(24)22(25)10-17/h3-10,12H,13-14H2,1-2H3,(H,28,29). The molecule has 0 fully saturated rings. The van der Waals surface area contributed by atoms with Crippen molar-refractivity contribution in [1.29, 1.82) is 5.26 Å². The first-order valence-corrected chi connectivity index (χ1v) is 10.1. The van der Waals surface area contributed by atoms with Crippen LogP contribution >= 0.6 is 23.2 Å². The van der Waals surface area contributed by atoms with E-state index in [9.17, 15) is 5.26 Å². The maximum absolute atomic E-state index is 9.46. The second-order valence-electron chi connectivity index (χ2n) is 6.67. The minimum atomic E-state index is 0.328. The van der Waals surface area contributed by atoms with Crippen LogP contribution in [0, 0.1) is 18.3 Å². The van der Waals surface area contributed by atoms with Gasteiger partial charge in [-0.2, -0.15) is 10.4 Å². The molecular weight excluding hydrogens is 435 g/mol. The van der Waals surface area contributed by atoms with Crippen LogP contribution in [0.4, 0.5) is 5.82 Å². The number of nitriles is 1. The minimum Gasteiger partial charge on any atom is -0.489 e. The molecular formula is C23H20Cl2N4O2. The van der Waals surface area contributed by atoms with E-state index in [1.165, 1.54) is 0 Å². The topological polar surface area (TPSA) is 79.5 Å². The number of halogens is 2. The van der Waals surface area contributed by atoms with Crippen LogP contribution in [0.25, 0.3) is 0 Å². The summed E-state index contributed by atoms with van der Waals surface area (Å²) in [6.07, 6.45) is 1.64. The SMILES string of the molecule is COCc1cc(C)nc(NN=Cc2ccc(OCc3ccc(Cl)c(Cl)c3)cc2)c1C#N. The molecule has 0 aliphatic rings. The van der Waals surface area contributed by atoms with E-state index in [0.717, 1.165) is 22.4 Å². The van der Waals surface area contributed by atoms with E-state index >= 15 is 0 Å². The highest BCUT2D eigenvalue weighted by molar-refractivity contribution is 6.42. The van der Waals surface area contributed by atoms with Crippen LogP contribution in [0.3, 0.4) is 0 Å². The van der Waals surface area contributed by atoms with Crippen molar-refractivity contribution in [3.8, 4) is 11.8 Å². The highest BCUT2D eigenvalue weighted by Crippen LogP contribution is 2.23. The third kappa shape index (κ3) is 6.19. The second kappa shape index (κ2) is 10.8. The average Bonchev–Trinajstić information content (AvgIpc) is 2.75. The largest absolute Gasteiger partial charge is 0.489 e. The summed E-state index contributed by atoms with van der Waals surface area (Å²) in [6.45, 7) is 2.56. The number of anilines is 1. The van der Waals surface area contributed by atoms with E-state index in [2.05, 4.69) is 21.6 Å². The average molecular weight is 455 g/mol. The number of methoxy groups -OCH3 is 1. The molecule has 3 aromatic rings. The molecule has 6 nitrogen and oxygen atoms in total. The molecule has 2 aromatic carbocycles. The highest BCUT2D eigenvalue weighted by atomic mass is 35.5. The second-order valence-corrected chi connectivity index (χ2v) is 7.48. The molecule has 1 aromatic heterocycles. The number of aromatic nitrogens is 1. The number of pyridine rings is 1. The fourth-order valence-corrected chi connectivity index (χ4v) is 3.15. The summed E-state index contributed by atoms with van der Waals surface area (Å²) in [5, 5.41) is 14.7. The van der Waals surface area contributed by atoms with Crippen LogP contribution in [-0.2, 0) is 18.0 Å². The van der Waals surface area contributed by atoms with Crippen molar-refractivity contribution in [3.63, 3.8) is 0 Å². The van der Waals surface area contributed by atoms with Crippen LogP contribution in [0.15, 0.2) is 53.6 Å². The van der Waals surface area contributed by atoms with E-state index in [1.807, 2.05) is 43.3 Å². The molecule has 158 valence electrons. The number of benzene rings is 2. The minimum absolute atomic E-state index is 0.328. The fourth-order valence-electron chi connectivity index (χ4n) is 2.83. The third-order valence-corrected chi connectivity index (χ3v) is 5.03. The molecule has 0 radical (unpaired) electrons. The monoisotopic (exact) mass is 454 g/mol. The zero-order valence-corrected chi connectivity index (χ0v) is 18.5. The van der Waals surface area contributed by atoms with E-state index in [-0.39, 0.29) is 0 Å². The first-order chi connectivity index (χ1) is 15.0. The quantitative estimate of drug-likeness (QED) is 0.346. The molecule has 0 amide bonds. The van der Waals surface area contributed by atoms with Crippen molar-refractivity contribution in [2.75, 3.05) is 12.5 Å². The Balaban J connectivity index is 1.62. The molecule has 31 heavy (non-hydrogen) atoms. The number of hydrogen-bond acceptors (Lipinski definition) is 6. The first-order valence-electron chi connectivity index (χ1n) is 9.35. The molecule has 1 heterocycles. The van der Waals surface area contributed by atoms with Crippen molar-refractivity contribution in [2.45, 2.75) is 20.1 Å². The van der Waals surface area contributed by atoms with E-state index in [0.29, 0.717) is 40.4 Å². The normalized spacial score (nSPS) is 10.8. The highest BCUT2D eigenvalue weighted by Gasteiger charge is 2.10. The van der Waals surface area contributed by atoms with Crippen LogP contribution in [0.1, 0.15) is 27.9 Å². The number of aryl methyl sites for hydroxylation is 1. The Hall–Kier alpha value is -3.11. The summed E-state index contributed by atoms with van der Waals surface area (Å²) in [5.74, 6) is 1.11. The Kier molecular flexibility index (Phi) is 7.85. The lowest BCUT2D eigenvalue weighted by molar-refractivity contribution is 0.184. The van der Waals surface area contributed by atoms with Gasteiger partial charge >= 0.3 is 0 Å². The van der Waals surface area contributed by atoms with Crippen molar-refractivity contribution in [2.24, 2.45) is 5.10 Å². The van der Waals surface area contributed by atoms with Crippen LogP contribution in [-0.4, -0.2) is 18.3 Å². The molecule has 1 N–H and O–H groups in total. The predicted molar refractivity (Wildman–Crippen MR) is 123 cm³/mol. The number of nitrogens with one attached hydrogen (secondary N) is 1. The predicted octanol–water partition coefficient (Wildman–Crippen LogP) is 5.74.